The van der Waals surface area contributed by atoms with E-state index in [4.69, 9.17) is 0 Å². The van der Waals surface area contributed by atoms with Gasteiger partial charge in [0.2, 0.25) is 0 Å². The minimum absolute atomic E-state index is 1.15. The Bertz CT molecular complexity index is 37.8. The number of unbranched alkanes of at least 4 members (excludes halogenated alkanes) is 5. The molecule has 0 atom stereocenters. The van der Waals surface area contributed by atoms with E-state index in [9.17, 15) is 0 Å². The van der Waals surface area contributed by atoms with Crippen LogP contribution in [0.4, 0.5) is 0 Å². The zero-order chi connectivity index (χ0) is 6.95. The molecule has 0 saturated carbocycles. The Morgan fingerprint density at radius 1 is 1.22 bits per heavy atom. The average Bonchev–Trinajstić information content (AvgIpc) is 1.89. The third-order valence-corrected chi connectivity index (χ3v) is 1.86. The number of rotatable bonds is 6. The fourth-order valence-electron chi connectivity index (χ4n) is 0.714. The fraction of sp³-hybridized carbons (Fsp3) is 0.875. The molecule has 0 aliphatic carbocycles. The van der Waals surface area contributed by atoms with Gasteiger partial charge in [0.05, 0.1) is 0 Å². The van der Waals surface area contributed by atoms with Crippen molar-refractivity contribution in [2.24, 2.45) is 0 Å². The summed E-state index contributed by atoms with van der Waals surface area (Å²) in [5.74, 6) is 0. The van der Waals surface area contributed by atoms with Gasteiger partial charge in [-0.25, -0.2) is 0 Å². The average molecular weight is 192 g/mol. The lowest BCUT2D eigenvalue weighted by Gasteiger charge is -1.95. The highest BCUT2D eigenvalue weighted by atomic mass is 79.9. The van der Waals surface area contributed by atoms with Gasteiger partial charge < -0.3 is 0 Å². The molecular weight excluding hydrogens is 176 g/mol. The largest absolute Gasteiger partial charge is 0.0928 e. The summed E-state index contributed by atoms with van der Waals surface area (Å²) in [7, 11) is 0. The molecule has 0 unspecified atom stereocenters. The lowest BCUT2D eigenvalue weighted by atomic mass is 10.1. The van der Waals surface area contributed by atoms with Gasteiger partial charge in [0.25, 0.3) is 0 Å². The highest BCUT2D eigenvalue weighted by Crippen LogP contribution is 2.04. The minimum atomic E-state index is 1.15. The Labute approximate surface area is 67.2 Å². The Balaban J connectivity index is 2.60. The van der Waals surface area contributed by atoms with Gasteiger partial charge in [0.15, 0.2) is 0 Å². The van der Waals surface area contributed by atoms with Gasteiger partial charge in [-0.15, -0.1) is 0 Å². The summed E-state index contributed by atoms with van der Waals surface area (Å²) < 4.78 is 0. The second-order valence-electron chi connectivity index (χ2n) is 2.26. The molecule has 1 heteroatoms. The van der Waals surface area contributed by atoms with Crippen LogP contribution in [-0.2, 0) is 0 Å². The van der Waals surface area contributed by atoms with E-state index in [-0.39, 0.29) is 0 Å². The third-order valence-electron chi connectivity index (χ3n) is 1.30. The van der Waals surface area contributed by atoms with Crippen LogP contribution in [0.1, 0.15) is 39.0 Å². The summed E-state index contributed by atoms with van der Waals surface area (Å²) in [6.07, 6.45) is 8.97. The van der Waals surface area contributed by atoms with E-state index in [1.54, 1.807) is 0 Å². The van der Waals surface area contributed by atoms with Crippen molar-refractivity contribution < 1.29 is 0 Å². The van der Waals surface area contributed by atoms with Crippen molar-refractivity contribution in [2.45, 2.75) is 39.0 Å². The van der Waals surface area contributed by atoms with E-state index >= 15 is 0 Å². The molecule has 0 bridgehead atoms. The van der Waals surface area contributed by atoms with Crippen LogP contribution in [0.15, 0.2) is 0 Å². The fourth-order valence-corrected chi connectivity index (χ4v) is 1.04. The van der Waals surface area contributed by atoms with Crippen molar-refractivity contribution in [1.29, 1.82) is 0 Å². The van der Waals surface area contributed by atoms with E-state index < -0.39 is 0 Å². The summed E-state index contributed by atoms with van der Waals surface area (Å²) in [5, 5.41) is 1.15. The zero-order valence-electron chi connectivity index (χ0n) is 6.20. The molecule has 0 fully saturated rings. The van der Waals surface area contributed by atoms with Gasteiger partial charge in [-0.1, -0.05) is 42.1 Å². The van der Waals surface area contributed by atoms with E-state index in [2.05, 4.69) is 29.3 Å². The zero-order valence-corrected chi connectivity index (χ0v) is 7.78. The first-order valence-corrected chi connectivity index (χ1v) is 4.91. The van der Waals surface area contributed by atoms with Crippen LogP contribution in [-0.4, -0.2) is 5.33 Å². The predicted molar refractivity (Wildman–Crippen MR) is 46.9 cm³/mol. The summed E-state index contributed by atoms with van der Waals surface area (Å²) in [6.45, 7) is 2.23. The maximum Gasteiger partial charge on any atom is 0.00314 e. The number of alkyl halides is 1. The summed E-state index contributed by atoms with van der Waals surface area (Å²) in [4.78, 5) is 0. The van der Waals surface area contributed by atoms with Crippen molar-refractivity contribution in [3.8, 4) is 0 Å². The smallest absolute Gasteiger partial charge is 0.00314 e. The Kier molecular flexibility index (Phi) is 8.93. The maximum atomic E-state index is 3.40. The molecule has 0 nitrogen and oxygen atoms in total. The standard InChI is InChI=1S/C8H16Br/c1-2-3-4-5-6-7-8-9/h5H,2-4,6-8H2,1H3. The quantitative estimate of drug-likeness (QED) is 0.446. The summed E-state index contributed by atoms with van der Waals surface area (Å²) in [6, 6.07) is 0. The first kappa shape index (κ1) is 9.48. The van der Waals surface area contributed by atoms with Crippen LogP contribution in [0.25, 0.3) is 0 Å². The molecule has 0 heterocycles. The van der Waals surface area contributed by atoms with Crippen LogP contribution in [0, 0.1) is 6.42 Å². The lowest BCUT2D eigenvalue weighted by Crippen LogP contribution is -1.79. The first-order valence-electron chi connectivity index (χ1n) is 3.79. The highest BCUT2D eigenvalue weighted by Gasteiger charge is 1.86. The summed E-state index contributed by atoms with van der Waals surface area (Å²) in [5.41, 5.74) is 0. The van der Waals surface area contributed by atoms with Crippen molar-refractivity contribution in [3.63, 3.8) is 0 Å². The molecule has 0 aromatic carbocycles. The van der Waals surface area contributed by atoms with Crippen LogP contribution in [0.3, 0.4) is 0 Å². The Morgan fingerprint density at radius 3 is 2.44 bits per heavy atom. The van der Waals surface area contributed by atoms with Gasteiger partial charge in [0, 0.05) is 5.33 Å². The van der Waals surface area contributed by atoms with Gasteiger partial charge in [0.1, 0.15) is 0 Å². The predicted octanol–water partition coefficient (Wildman–Crippen LogP) is 3.56. The third kappa shape index (κ3) is 8.48. The highest BCUT2D eigenvalue weighted by molar-refractivity contribution is 9.09. The SMILES string of the molecule is CCCC[CH]CCCBr. The molecule has 0 spiro atoms. The molecular formula is C8H16Br. The van der Waals surface area contributed by atoms with Gasteiger partial charge in [-0.3, -0.25) is 0 Å². The van der Waals surface area contributed by atoms with Crippen LogP contribution in [0.2, 0.25) is 0 Å². The molecule has 55 valence electrons. The van der Waals surface area contributed by atoms with Crippen LogP contribution in [0.5, 0.6) is 0 Å². The van der Waals surface area contributed by atoms with Crippen molar-refractivity contribution in [3.05, 3.63) is 6.42 Å². The molecule has 0 rings (SSSR count). The van der Waals surface area contributed by atoms with Crippen molar-refractivity contribution in [2.75, 3.05) is 5.33 Å². The van der Waals surface area contributed by atoms with E-state index in [1.807, 2.05) is 0 Å². The maximum absolute atomic E-state index is 3.40. The number of hydrogen-bond donors (Lipinski definition) is 0. The molecule has 9 heavy (non-hydrogen) atoms. The molecule has 0 aromatic rings. The summed E-state index contributed by atoms with van der Waals surface area (Å²) >= 11 is 3.40. The molecule has 1 radical (unpaired) electrons. The van der Waals surface area contributed by atoms with Gasteiger partial charge in [-0.05, 0) is 19.3 Å². The molecule has 0 aromatic heterocycles. The molecule has 0 N–H and O–H groups in total. The second-order valence-corrected chi connectivity index (χ2v) is 3.06. The van der Waals surface area contributed by atoms with Crippen molar-refractivity contribution >= 4 is 15.9 Å². The van der Waals surface area contributed by atoms with E-state index in [0.717, 1.165) is 5.33 Å². The topological polar surface area (TPSA) is 0 Å². The second kappa shape index (κ2) is 8.48. The van der Waals surface area contributed by atoms with E-state index in [0.29, 0.717) is 0 Å². The Morgan fingerprint density at radius 2 is 1.89 bits per heavy atom. The monoisotopic (exact) mass is 191 g/mol. The first-order chi connectivity index (χ1) is 4.41. The minimum Gasteiger partial charge on any atom is -0.0928 e. The van der Waals surface area contributed by atoms with E-state index in [1.165, 1.54) is 32.1 Å². The normalized spacial score (nSPS) is 10.0. The van der Waals surface area contributed by atoms with Crippen molar-refractivity contribution in [1.82, 2.24) is 0 Å². The Hall–Kier alpha value is 0.480. The number of hydrogen-bond acceptors (Lipinski definition) is 0. The molecule has 0 aliphatic rings. The lowest BCUT2D eigenvalue weighted by molar-refractivity contribution is 0.740. The van der Waals surface area contributed by atoms with Crippen LogP contribution >= 0.6 is 15.9 Å². The molecule has 0 saturated heterocycles. The number of halogens is 1. The van der Waals surface area contributed by atoms with Gasteiger partial charge >= 0.3 is 0 Å². The van der Waals surface area contributed by atoms with Crippen LogP contribution < -0.4 is 0 Å². The van der Waals surface area contributed by atoms with Gasteiger partial charge in [-0.2, -0.15) is 0 Å². The molecule has 0 amide bonds. The molecule has 0 aliphatic heterocycles.